The van der Waals surface area contributed by atoms with Crippen LogP contribution in [-0.4, -0.2) is 29.8 Å². The SMILES string of the molecule is CCCC(=O)CN(CC(C)C)C(C)C. The van der Waals surface area contributed by atoms with Gasteiger partial charge in [-0.3, -0.25) is 9.69 Å². The third kappa shape index (κ3) is 6.14. The zero-order valence-electron chi connectivity index (χ0n) is 10.3. The van der Waals surface area contributed by atoms with Gasteiger partial charge in [-0.25, -0.2) is 0 Å². The lowest BCUT2D eigenvalue weighted by atomic mass is 10.1. The van der Waals surface area contributed by atoms with Gasteiger partial charge in [0.1, 0.15) is 5.78 Å². The summed E-state index contributed by atoms with van der Waals surface area (Å²) in [4.78, 5) is 13.8. The Morgan fingerprint density at radius 1 is 1.21 bits per heavy atom. The van der Waals surface area contributed by atoms with E-state index in [9.17, 15) is 4.79 Å². The summed E-state index contributed by atoms with van der Waals surface area (Å²) in [6.07, 6.45) is 1.69. The Bertz CT molecular complexity index is 164. The molecule has 0 saturated heterocycles. The van der Waals surface area contributed by atoms with Gasteiger partial charge in [0.15, 0.2) is 0 Å². The van der Waals surface area contributed by atoms with Crippen LogP contribution in [0, 0.1) is 5.92 Å². The van der Waals surface area contributed by atoms with E-state index in [4.69, 9.17) is 0 Å². The quantitative estimate of drug-likeness (QED) is 0.628. The van der Waals surface area contributed by atoms with E-state index in [1.165, 1.54) is 0 Å². The molecule has 0 unspecified atom stereocenters. The number of Topliss-reactive ketones (excluding diaryl/α,β-unsaturated/α-hetero) is 1. The van der Waals surface area contributed by atoms with E-state index in [2.05, 4.69) is 39.5 Å². The number of hydrogen-bond donors (Lipinski definition) is 0. The maximum Gasteiger partial charge on any atom is 0.146 e. The highest BCUT2D eigenvalue weighted by Crippen LogP contribution is 2.05. The molecule has 0 N–H and O–H groups in total. The molecule has 0 radical (unpaired) electrons. The van der Waals surface area contributed by atoms with Crippen LogP contribution in [-0.2, 0) is 4.79 Å². The van der Waals surface area contributed by atoms with E-state index in [-0.39, 0.29) is 0 Å². The first-order valence-electron chi connectivity index (χ1n) is 5.73. The number of ketones is 1. The largest absolute Gasteiger partial charge is 0.298 e. The molecule has 84 valence electrons. The molecule has 14 heavy (non-hydrogen) atoms. The van der Waals surface area contributed by atoms with Gasteiger partial charge in [0.05, 0.1) is 6.54 Å². The lowest BCUT2D eigenvalue weighted by Crippen LogP contribution is -2.38. The van der Waals surface area contributed by atoms with Crippen LogP contribution in [0.3, 0.4) is 0 Å². The van der Waals surface area contributed by atoms with Gasteiger partial charge < -0.3 is 0 Å². The molecule has 0 amide bonds. The van der Waals surface area contributed by atoms with Gasteiger partial charge in [0, 0.05) is 19.0 Å². The fourth-order valence-electron chi connectivity index (χ4n) is 1.51. The van der Waals surface area contributed by atoms with E-state index in [0.717, 1.165) is 19.4 Å². The molecule has 0 bridgehead atoms. The monoisotopic (exact) mass is 199 g/mol. The highest BCUT2D eigenvalue weighted by molar-refractivity contribution is 5.80. The van der Waals surface area contributed by atoms with Crippen molar-refractivity contribution in [2.24, 2.45) is 5.92 Å². The minimum absolute atomic E-state index is 0.377. The average molecular weight is 199 g/mol. The predicted molar refractivity (Wildman–Crippen MR) is 61.5 cm³/mol. The minimum atomic E-state index is 0.377. The van der Waals surface area contributed by atoms with Crippen molar-refractivity contribution in [1.82, 2.24) is 4.90 Å². The van der Waals surface area contributed by atoms with E-state index in [1.807, 2.05) is 0 Å². The second kappa shape index (κ2) is 6.99. The van der Waals surface area contributed by atoms with Crippen molar-refractivity contribution in [1.29, 1.82) is 0 Å². The zero-order valence-corrected chi connectivity index (χ0v) is 10.3. The van der Waals surface area contributed by atoms with Gasteiger partial charge in [0.25, 0.3) is 0 Å². The number of hydrogen-bond acceptors (Lipinski definition) is 2. The van der Waals surface area contributed by atoms with Crippen molar-refractivity contribution in [2.45, 2.75) is 53.5 Å². The van der Waals surface area contributed by atoms with Crippen molar-refractivity contribution in [3.8, 4) is 0 Å². The van der Waals surface area contributed by atoms with Crippen molar-refractivity contribution < 1.29 is 4.79 Å². The Hall–Kier alpha value is -0.370. The summed E-state index contributed by atoms with van der Waals surface area (Å²) in [5, 5.41) is 0. The first-order chi connectivity index (χ1) is 6.47. The molecule has 0 spiro atoms. The summed E-state index contributed by atoms with van der Waals surface area (Å²) in [5.41, 5.74) is 0. The van der Waals surface area contributed by atoms with Crippen LogP contribution in [0.5, 0.6) is 0 Å². The topological polar surface area (TPSA) is 20.3 Å². The lowest BCUT2D eigenvalue weighted by Gasteiger charge is -2.27. The Labute approximate surface area is 88.7 Å². The van der Waals surface area contributed by atoms with Crippen LogP contribution in [0.25, 0.3) is 0 Å². The summed E-state index contributed by atoms with van der Waals surface area (Å²) in [5.74, 6) is 1.01. The summed E-state index contributed by atoms with van der Waals surface area (Å²) in [6, 6.07) is 0.471. The predicted octanol–water partition coefficient (Wildman–Crippen LogP) is 2.72. The number of rotatable bonds is 7. The Kier molecular flexibility index (Phi) is 6.81. The number of carbonyl (C=O) groups is 1. The standard InChI is InChI=1S/C12H25NO/c1-6-7-12(14)9-13(11(4)5)8-10(2)3/h10-11H,6-9H2,1-5H3. The van der Waals surface area contributed by atoms with Gasteiger partial charge >= 0.3 is 0 Å². The molecule has 0 aliphatic carbocycles. The molecule has 2 heteroatoms. The summed E-state index contributed by atoms with van der Waals surface area (Å²) in [6.45, 7) is 12.4. The van der Waals surface area contributed by atoms with Gasteiger partial charge in [-0.05, 0) is 26.2 Å². The maximum atomic E-state index is 11.5. The molecule has 0 fully saturated rings. The third-order valence-electron chi connectivity index (χ3n) is 2.24. The van der Waals surface area contributed by atoms with Crippen LogP contribution in [0.15, 0.2) is 0 Å². The van der Waals surface area contributed by atoms with Crippen LogP contribution in [0.1, 0.15) is 47.5 Å². The Morgan fingerprint density at radius 3 is 2.14 bits per heavy atom. The van der Waals surface area contributed by atoms with Crippen molar-refractivity contribution >= 4 is 5.78 Å². The van der Waals surface area contributed by atoms with Crippen LogP contribution < -0.4 is 0 Å². The summed E-state index contributed by atoms with van der Waals surface area (Å²) in [7, 11) is 0. The first-order valence-corrected chi connectivity index (χ1v) is 5.73. The van der Waals surface area contributed by atoms with E-state index >= 15 is 0 Å². The lowest BCUT2D eigenvalue weighted by molar-refractivity contribution is -0.120. The Balaban J connectivity index is 4.02. The smallest absolute Gasteiger partial charge is 0.146 e. The maximum absolute atomic E-state index is 11.5. The number of carbonyl (C=O) groups excluding carboxylic acids is 1. The molecule has 0 aliphatic heterocycles. The van der Waals surface area contributed by atoms with Gasteiger partial charge in [-0.1, -0.05) is 20.8 Å². The van der Waals surface area contributed by atoms with E-state index in [0.29, 0.717) is 24.3 Å². The fraction of sp³-hybridized carbons (Fsp3) is 0.917. The zero-order chi connectivity index (χ0) is 11.1. The molecule has 0 heterocycles. The molecule has 0 atom stereocenters. The van der Waals surface area contributed by atoms with Crippen LogP contribution in [0.2, 0.25) is 0 Å². The van der Waals surface area contributed by atoms with E-state index < -0.39 is 0 Å². The highest BCUT2D eigenvalue weighted by Gasteiger charge is 2.14. The summed E-state index contributed by atoms with van der Waals surface area (Å²) >= 11 is 0. The molecule has 0 aromatic carbocycles. The molecule has 2 nitrogen and oxygen atoms in total. The second-order valence-electron chi connectivity index (χ2n) is 4.71. The molecule has 0 saturated carbocycles. The molecule has 0 aromatic rings. The minimum Gasteiger partial charge on any atom is -0.298 e. The van der Waals surface area contributed by atoms with Crippen LogP contribution in [0.4, 0.5) is 0 Å². The van der Waals surface area contributed by atoms with Crippen molar-refractivity contribution in [2.75, 3.05) is 13.1 Å². The molecular weight excluding hydrogens is 174 g/mol. The van der Waals surface area contributed by atoms with Crippen molar-refractivity contribution in [3.05, 3.63) is 0 Å². The Morgan fingerprint density at radius 2 is 1.79 bits per heavy atom. The van der Waals surface area contributed by atoms with Gasteiger partial charge in [0.2, 0.25) is 0 Å². The summed E-state index contributed by atoms with van der Waals surface area (Å²) < 4.78 is 0. The van der Waals surface area contributed by atoms with Gasteiger partial charge in [-0.2, -0.15) is 0 Å². The van der Waals surface area contributed by atoms with Gasteiger partial charge in [-0.15, -0.1) is 0 Å². The number of nitrogens with zero attached hydrogens (tertiary/aromatic N) is 1. The second-order valence-corrected chi connectivity index (χ2v) is 4.71. The van der Waals surface area contributed by atoms with Crippen LogP contribution >= 0.6 is 0 Å². The highest BCUT2D eigenvalue weighted by atomic mass is 16.1. The molecular formula is C12H25NO. The van der Waals surface area contributed by atoms with Crippen molar-refractivity contribution in [3.63, 3.8) is 0 Å². The van der Waals surface area contributed by atoms with E-state index in [1.54, 1.807) is 0 Å². The average Bonchev–Trinajstić information content (AvgIpc) is 2.02. The fourth-order valence-corrected chi connectivity index (χ4v) is 1.51. The molecule has 0 aromatic heterocycles. The molecule has 0 rings (SSSR count). The normalized spacial score (nSPS) is 11.7. The third-order valence-corrected chi connectivity index (χ3v) is 2.24. The first kappa shape index (κ1) is 13.6. The molecule has 0 aliphatic rings.